The molecule has 4 nitrogen and oxygen atoms in total. The summed E-state index contributed by atoms with van der Waals surface area (Å²) in [5, 5.41) is 23.8. The average molecular weight is 1090 g/mol. The lowest BCUT2D eigenvalue weighted by atomic mass is 9.55. The SMILES string of the molecule is CC1(C)c2ccccc2C2(c3ccc(N(c4ccccc4C#N)c4cccc5c4sc4c(C(F)(F)F)cccc45)cc3-c3cc(N(c4ccccc4C#N)c4cccc5c4sc4c(C(F)(F)F)cccc45)ccc32)c2ccccc21. The second-order valence-corrected chi connectivity index (χ2v) is 22.8. The van der Waals surface area contributed by atoms with E-state index in [1.54, 1.807) is 36.4 Å². The Kier molecular flexibility index (Phi) is 10.8. The van der Waals surface area contributed by atoms with Crippen molar-refractivity contribution in [3.63, 3.8) is 0 Å². The van der Waals surface area contributed by atoms with Gasteiger partial charge in [-0.15, -0.1) is 22.7 Å². The van der Waals surface area contributed by atoms with Gasteiger partial charge in [-0.05, 0) is 117 Å². The molecule has 0 saturated heterocycles. The van der Waals surface area contributed by atoms with Crippen molar-refractivity contribution in [2.75, 3.05) is 9.80 Å². The molecular weight excluding hydrogens is 1050 g/mol. The zero-order chi connectivity index (χ0) is 55.0. The topological polar surface area (TPSA) is 54.1 Å². The van der Waals surface area contributed by atoms with E-state index in [4.69, 9.17) is 0 Å². The summed E-state index contributed by atoms with van der Waals surface area (Å²) < 4.78 is 89.9. The summed E-state index contributed by atoms with van der Waals surface area (Å²) in [4.78, 5) is 3.94. The molecule has 2 aliphatic rings. The highest BCUT2D eigenvalue weighted by atomic mass is 32.1. The number of alkyl halides is 6. The molecule has 10 aromatic carbocycles. The third-order valence-electron chi connectivity index (χ3n) is 16.3. The summed E-state index contributed by atoms with van der Waals surface area (Å²) in [6.07, 6.45) is -9.20. The van der Waals surface area contributed by atoms with Crippen molar-refractivity contribution >= 4 is 97.1 Å². The maximum atomic E-state index is 14.7. The number of nitriles is 2. The molecule has 0 N–H and O–H groups in total. The maximum Gasteiger partial charge on any atom is 0.417 e. The van der Waals surface area contributed by atoms with Gasteiger partial charge in [-0.2, -0.15) is 36.9 Å². The normalized spacial score (nSPS) is 13.9. The Morgan fingerprint density at radius 1 is 0.375 bits per heavy atom. The highest BCUT2D eigenvalue weighted by Crippen LogP contribution is 2.64. The number of hydrogen-bond donors (Lipinski definition) is 0. The third kappa shape index (κ3) is 6.98. The molecule has 0 unspecified atom stereocenters. The summed E-state index contributed by atoms with van der Waals surface area (Å²) in [5.41, 5.74) is 9.54. The van der Waals surface area contributed by atoms with Crippen LogP contribution in [0.2, 0.25) is 0 Å². The van der Waals surface area contributed by atoms with Crippen LogP contribution in [0.5, 0.6) is 0 Å². The van der Waals surface area contributed by atoms with Crippen LogP contribution >= 0.6 is 22.7 Å². The second-order valence-electron chi connectivity index (χ2n) is 20.7. The molecule has 2 aromatic heterocycles. The Morgan fingerprint density at radius 3 is 1.12 bits per heavy atom. The fourth-order valence-corrected chi connectivity index (χ4v) is 15.6. The Bertz CT molecular complexity index is 4390. The Morgan fingerprint density at radius 2 is 0.725 bits per heavy atom. The molecule has 0 aliphatic heterocycles. The minimum atomic E-state index is -4.60. The van der Waals surface area contributed by atoms with Crippen molar-refractivity contribution in [3.05, 3.63) is 262 Å². The molecule has 0 radical (unpaired) electrons. The van der Waals surface area contributed by atoms with E-state index in [0.717, 1.165) is 79.3 Å². The number of halogens is 6. The van der Waals surface area contributed by atoms with Crippen molar-refractivity contribution in [3.8, 4) is 23.3 Å². The number of rotatable bonds is 6. The summed E-state index contributed by atoms with van der Waals surface area (Å²) in [5.74, 6) is 0. The van der Waals surface area contributed by atoms with Crippen molar-refractivity contribution in [1.29, 1.82) is 10.5 Å². The molecule has 80 heavy (non-hydrogen) atoms. The maximum absolute atomic E-state index is 14.7. The zero-order valence-electron chi connectivity index (χ0n) is 42.5. The van der Waals surface area contributed by atoms with Crippen LogP contribution in [0.4, 0.5) is 60.5 Å². The second kappa shape index (κ2) is 17.7. The lowest BCUT2D eigenvalue weighted by molar-refractivity contribution is -0.137. The molecule has 12 aromatic rings. The average Bonchev–Trinajstić information content (AvgIpc) is 3.89. The van der Waals surface area contributed by atoms with Gasteiger partial charge in [-0.25, -0.2) is 0 Å². The van der Waals surface area contributed by atoms with E-state index in [1.807, 2.05) is 82.6 Å². The van der Waals surface area contributed by atoms with E-state index in [9.17, 15) is 36.9 Å². The van der Waals surface area contributed by atoms with Gasteiger partial charge < -0.3 is 9.80 Å². The van der Waals surface area contributed by atoms with Crippen LogP contribution in [0.25, 0.3) is 51.5 Å². The van der Waals surface area contributed by atoms with Crippen LogP contribution in [-0.4, -0.2) is 0 Å². The predicted molar refractivity (Wildman–Crippen MR) is 310 cm³/mol. The number of fused-ring (bicyclic) bond motifs is 15. The van der Waals surface area contributed by atoms with Crippen molar-refractivity contribution in [2.24, 2.45) is 0 Å². The lowest BCUT2D eigenvalue weighted by Gasteiger charge is -2.46. The number of nitrogens with zero attached hydrogens (tertiary/aromatic N) is 4. The van der Waals surface area contributed by atoms with Crippen molar-refractivity contribution in [2.45, 2.75) is 37.0 Å². The van der Waals surface area contributed by atoms with E-state index in [1.165, 1.54) is 12.1 Å². The number of anilines is 6. The first-order valence-electron chi connectivity index (χ1n) is 25.8. The predicted octanol–water partition coefficient (Wildman–Crippen LogP) is 20.1. The largest absolute Gasteiger partial charge is 0.417 e. The third-order valence-corrected chi connectivity index (χ3v) is 18.8. The molecule has 0 atom stereocenters. The minimum Gasteiger partial charge on any atom is -0.308 e. The molecule has 386 valence electrons. The van der Waals surface area contributed by atoms with Crippen molar-refractivity contribution < 1.29 is 26.3 Å². The van der Waals surface area contributed by atoms with Crippen LogP contribution in [0.15, 0.2) is 206 Å². The summed E-state index contributed by atoms with van der Waals surface area (Å²) in [6, 6.07) is 68.4. The number of benzene rings is 10. The van der Waals surface area contributed by atoms with E-state index < -0.39 is 34.3 Å². The molecular formula is C68H40F6N4S2. The smallest absolute Gasteiger partial charge is 0.308 e. The van der Waals surface area contributed by atoms with Gasteiger partial charge in [0.15, 0.2) is 0 Å². The highest BCUT2D eigenvalue weighted by molar-refractivity contribution is 7.27. The minimum absolute atomic E-state index is 0.112. The van der Waals surface area contributed by atoms with Crippen molar-refractivity contribution in [1.82, 2.24) is 0 Å². The molecule has 0 bridgehead atoms. The summed E-state index contributed by atoms with van der Waals surface area (Å²) in [6.45, 7) is 4.49. The van der Waals surface area contributed by atoms with E-state index >= 15 is 0 Å². The molecule has 12 heteroatoms. The molecule has 14 rings (SSSR count). The van der Waals surface area contributed by atoms with E-state index in [0.29, 0.717) is 76.2 Å². The first-order chi connectivity index (χ1) is 38.6. The Balaban J connectivity index is 1.08. The molecule has 0 amide bonds. The monoisotopic (exact) mass is 1090 g/mol. The molecule has 0 saturated carbocycles. The highest BCUT2D eigenvalue weighted by Gasteiger charge is 2.53. The van der Waals surface area contributed by atoms with Gasteiger partial charge >= 0.3 is 12.4 Å². The number of thiophene rings is 2. The molecule has 2 heterocycles. The van der Waals surface area contributed by atoms with Gasteiger partial charge in [0.05, 0.1) is 59.8 Å². The lowest BCUT2D eigenvalue weighted by Crippen LogP contribution is -2.40. The standard InChI is InChI=1S/C68H40F6N4S2/c1-65(2)51-21-5-7-23-53(51)66(54-24-8-6-22-52(54)65)49-33-31-41(77(57-27-9-3-15-39(57)37-75)59-29-13-19-45-43-17-11-25-55(67(69,70)71)61(43)79-63(45)59)35-47(49)48-36-42(32-34-50(48)66)78(58-28-10-4-16-40(58)38-76)60-30-14-20-46-44-18-12-26-56(68(72,73)74)62(44)80-64(46)60/h3-36H,1-2H3. The van der Waals surface area contributed by atoms with Gasteiger partial charge in [-0.3, -0.25) is 0 Å². The quantitative estimate of drug-likeness (QED) is 0.156. The van der Waals surface area contributed by atoms with E-state index in [-0.39, 0.29) is 9.40 Å². The number of para-hydroxylation sites is 2. The van der Waals surface area contributed by atoms with Gasteiger partial charge in [0.25, 0.3) is 0 Å². The summed E-state index contributed by atoms with van der Waals surface area (Å²) in [7, 11) is 0. The van der Waals surface area contributed by atoms with Crippen LogP contribution in [-0.2, 0) is 23.2 Å². The van der Waals surface area contributed by atoms with Crippen LogP contribution in [0, 0.1) is 22.7 Å². The molecule has 1 spiro atoms. The number of hydrogen-bond acceptors (Lipinski definition) is 6. The Labute approximate surface area is 463 Å². The van der Waals surface area contributed by atoms with Crippen LogP contribution in [0.3, 0.4) is 0 Å². The van der Waals surface area contributed by atoms with Gasteiger partial charge in [0.2, 0.25) is 0 Å². The van der Waals surface area contributed by atoms with Crippen LogP contribution in [0.1, 0.15) is 69.5 Å². The fourth-order valence-electron chi connectivity index (χ4n) is 12.9. The van der Waals surface area contributed by atoms with Gasteiger partial charge in [0.1, 0.15) is 12.1 Å². The fraction of sp³-hybridized carbons (Fsp3) is 0.0882. The zero-order valence-corrected chi connectivity index (χ0v) is 44.1. The molecule has 2 aliphatic carbocycles. The van der Waals surface area contributed by atoms with Crippen LogP contribution < -0.4 is 9.80 Å². The Hall–Kier alpha value is -9.20. The van der Waals surface area contributed by atoms with Gasteiger partial charge in [-0.1, -0.05) is 147 Å². The van der Waals surface area contributed by atoms with E-state index in [2.05, 4.69) is 98.8 Å². The first-order valence-corrected chi connectivity index (χ1v) is 27.4. The van der Waals surface area contributed by atoms with Gasteiger partial charge in [0, 0.05) is 47.7 Å². The first kappa shape index (κ1) is 49.1. The molecule has 0 fully saturated rings. The summed E-state index contributed by atoms with van der Waals surface area (Å²) >= 11 is 2.14.